The Balaban J connectivity index is 1.40. The van der Waals surface area contributed by atoms with Gasteiger partial charge in [-0.2, -0.15) is 5.26 Å². The van der Waals surface area contributed by atoms with Crippen molar-refractivity contribution in [2.24, 2.45) is 17.8 Å². The summed E-state index contributed by atoms with van der Waals surface area (Å²) in [6, 6.07) is 9.86. The minimum absolute atomic E-state index is 0.229. The molecule has 4 nitrogen and oxygen atoms in total. The van der Waals surface area contributed by atoms with Crippen LogP contribution in [0.5, 0.6) is 0 Å². The molecule has 0 radical (unpaired) electrons. The van der Waals surface area contributed by atoms with Crippen LogP contribution in [0, 0.1) is 29.1 Å². The number of hydrogen-bond donors (Lipinski definition) is 1. The van der Waals surface area contributed by atoms with Crippen LogP contribution < -0.4 is 5.32 Å². The maximum atomic E-state index is 12.7. The highest BCUT2D eigenvalue weighted by Gasteiger charge is 2.43. The van der Waals surface area contributed by atoms with Crippen molar-refractivity contribution in [3.8, 4) is 6.07 Å². The van der Waals surface area contributed by atoms with Crippen LogP contribution in [0.2, 0.25) is 0 Å². The maximum absolute atomic E-state index is 12.7. The van der Waals surface area contributed by atoms with Crippen molar-refractivity contribution in [2.75, 3.05) is 18.4 Å². The van der Waals surface area contributed by atoms with Gasteiger partial charge in [-0.1, -0.05) is 0 Å². The molecule has 2 atom stereocenters. The average Bonchev–Trinajstić information content (AvgIpc) is 2.76. The van der Waals surface area contributed by atoms with Gasteiger partial charge in [-0.05, 0) is 74.1 Å². The number of benzene rings is 1. The highest BCUT2D eigenvalue weighted by atomic mass is 16.2. The van der Waals surface area contributed by atoms with Crippen molar-refractivity contribution in [2.45, 2.75) is 38.1 Å². The number of nitriles is 1. The lowest BCUT2D eigenvalue weighted by Crippen LogP contribution is -2.44. The molecule has 4 heteroatoms. The van der Waals surface area contributed by atoms with Crippen LogP contribution in [-0.4, -0.2) is 29.9 Å². The predicted octanol–water partition coefficient (Wildman–Crippen LogP) is 3.01. The smallest absolute Gasteiger partial charge is 0.242 e. The molecular weight excluding hydrogens is 286 g/mol. The molecule has 1 N–H and O–H groups in total. The van der Waals surface area contributed by atoms with E-state index in [2.05, 4.69) is 16.3 Å². The summed E-state index contributed by atoms with van der Waals surface area (Å²) in [5.74, 6) is 2.68. The Morgan fingerprint density at radius 3 is 2.39 bits per heavy atom. The lowest BCUT2D eigenvalue weighted by molar-refractivity contribution is -0.132. The van der Waals surface area contributed by atoms with E-state index in [4.69, 9.17) is 5.26 Å². The van der Waals surface area contributed by atoms with Gasteiger partial charge in [-0.25, -0.2) is 0 Å². The van der Waals surface area contributed by atoms with Crippen molar-refractivity contribution in [1.29, 1.82) is 5.26 Å². The van der Waals surface area contributed by atoms with Crippen LogP contribution in [0.25, 0.3) is 0 Å². The number of rotatable bonds is 3. The zero-order valence-electron chi connectivity index (χ0n) is 13.4. The Bertz CT molecular complexity index is 619. The van der Waals surface area contributed by atoms with Crippen LogP contribution >= 0.6 is 0 Å². The summed E-state index contributed by atoms with van der Waals surface area (Å²) in [4.78, 5) is 14.9. The zero-order chi connectivity index (χ0) is 15.8. The van der Waals surface area contributed by atoms with Crippen LogP contribution in [0.1, 0.15) is 37.7 Å². The molecular formula is C19H23N3O. The highest BCUT2D eigenvalue weighted by molar-refractivity contribution is 5.81. The van der Waals surface area contributed by atoms with E-state index in [0.717, 1.165) is 30.0 Å². The molecule has 2 saturated heterocycles. The monoisotopic (exact) mass is 309 g/mol. The molecule has 120 valence electrons. The first-order valence-corrected chi connectivity index (χ1v) is 8.74. The van der Waals surface area contributed by atoms with Crippen molar-refractivity contribution in [3.63, 3.8) is 0 Å². The second-order valence-electron chi connectivity index (χ2n) is 7.52. The number of nitrogens with zero attached hydrogens (tertiary/aromatic N) is 2. The van der Waals surface area contributed by atoms with Crippen molar-refractivity contribution >= 4 is 11.6 Å². The molecule has 2 saturated carbocycles. The van der Waals surface area contributed by atoms with E-state index < -0.39 is 0 Å². The van der Waals surface area contributed by atoms with Crippen LogP contribution in [-0.2, 0) is 4.79 Å². The van der Waals surface area contributed by atoms with Gasteiger partial charge < -0.3 is 10.2 Å². The maximum Gasteiger partial charge on any atom is 0.242 e. The Morgan fingerprint density at radius 1 is 1.09 bits per heavy atom. The van der Waals surface area contributed by atoms with Gasteiger partial charge in [0.1, 0.15) is 0 Å². The molecule has 5 rings (SSSR count). The zero-order valence-corrected chi connectivity index (χ0v) is 13.4. The summed E-state index contributed by atoms with van der Waals surface area (Å²) in [5, 5.41) is 12.0. The Morgan fingerprint density at radius 2 is 1.74 bits per heavy atom. The highest BCUT2D eigenvalue weighted by Crippen LogP contribution is 2.47. The Hall–Kier alpha value is -2.02. The largest absolute Gasteiger partial charge is 0.376 e. The lowest BCUT2D eigenvalue weighted by Gasteiger charge is -2.39. The first kappa shape index (κ1) is 14.6. The molecule has 1 amide bonds. The number of hydrogen-bond acceptors (Lipinski definition) is 3. The Kier molecular flexibility index (Phi) is 3.72. The second kappa shape index (κ2) is 5.88. The fraction of sp³-hybridized carbons (Fsp3) is 0.579. The number of fused-ring (bicyclic) bond motifs is 1. The number of amides is 1. The van der Waals surface area contributed by atoms with E-state index in [1.165, 1.54) is 32.1 Å². The normalized spacial score (nSPS) is 31.5. The molecule has 2 unspecified atom stereocenters. The molecule has 4 aliphatic rings. The third-order valence-corrected chi connectivity index (χ3v) is 5.88. The number of carbonyl (C=O) groups excluding carboxylic acids is 1. The van der Waals surface area contributed by atoms with E-state index >= 15 is 0 Å². The number of carbonyl (C=O) groups is 1. The summed E-state index contributed by atoms with van der Waals surface area (Å²) < 4.78 is 0. The second-order valence-corrected chi connectivity index (χ2v) is 7.52. The Labute approximate surface area is 137 Å². The minimum atomic E-state index is 0.229. The number of nitrogens with one attached hydrogen (secondary N) is 1. The van der Waals surface area contributed by atoms with Gasteiger partial charge >= 0.3 is 0 Å². The van der Waals surface area contributed by atoms with Gasteiger partial charge in [0.2, 0.25) is 5.91 Å². The van der Waals surface area contributed by atoms with E-state index in [-0.39, 0.29) is 5.91 Å². The summed E-state index contributed by atoms with van der Waals surface area (Å²) >= 11 is 0. The van der Waals surface area contributed by atoms with E-state index in [9.17, 15) is 4.79 Å². The minimum Gasteiger partial charge on any atom is -0.376 e. The summed E-state index contributed by atoms with van der Waals surface area (Å²) in [6.07, 6.45) is 6.50. The quantitative estimate of drug-likeness (QED) is 0.934. The molecule has 1 aromatic rings. The fourth-order valence-electron chi connectivity index (χ4n) is 5.03. The molecule has 0 spiro atoms. The molecule has 4 fully saturated rings. The van der Waals surface area contributed by atoms with E-state index in [1.54, 1.807) is 12.1 Å². The molecule has 0 aromatic heterocycles. The van der Waals surface area contributed by atoms with Crippen LogP contribution in [0.4, 0.5) is 5.69 Å². The molecule has 2 heterocycles. The lowest BCUT2D eigenvalue weighted by atomic mass is 9.68. The van der Waals surface area contributed by atoms with E-state index in [0.29, 0.717) is 18.2 Å². The third-order valence-electron chi connectivity index (χ3n) is 5.88. The first-order valence-electron chi connectivity index (χ1n) is 8.74. The summed E-state index contributed by atoms with van der Waals surface area (Å²) in [7, 11) is 0. The van der Waals surface area contributed by atoms with E-state index in [1.807, 2.05) is 12.1 Å². The van der Waals surface area contributed by atoms with Gasteiger partial charge in [0.05, 0.1) is 18.2 Å². The molecule has 1 aromatic carbocycles. The molecule has 2 aliphatic heterocycles. The van der Waals surface area contributed by atoms with Crippen molar-refractivity contribution in [3.05, 3.63) is 29.8 Å². The molecule has 4 bridgehead atoms. The first-order chi connectivity index (χ1) is 11.2. The summed E-state index contributed by atoms with van der Waals surface area (Å²) in [5.41, 5.74) is 1.54. The number of anilines is 1. The average molecular weight is 309 g/mol. The molecule has 2 aliphatic carbocycles. The predicted molar refractivity (Wildman–Crippen MR) is 88.7 cm³/mol. The van der Waals surface area contributed by atoms with Gasteiger partial charge in [0.25, 0.3) is 0 Å². The van der Waals surface area contributed by atoms with Gasteiger partial charge in [0, 0.05) is 18.3 Å². The van der Waals surface area contributed by atoms with Crippen molar-refractivity contribution < 1.29 is 4.79 Å². The van der Waals surface area contributed by atoms with Gasteiger partial charge in [-0.3, -0.25) is 4.79 Å². The summed E-state index contributed by atoms with van der Waals surface area (Å²) in [6.45, 7) is 1.32. The van der Waals surface area contributed by atoms with Crippen molar-refractivity contribution in [1.82, 2.24) is 4.90 Å². The SMILES string of the molecule is N#Cc1ccc(NCC(=O)N2CC3CC4CC(C3)CC2C4)cc1. The molecule has 23 heavy (non-hydrogen) atoms. The van der Waals surface area contributed by atoms with Crippen LogP contribution in [0.15, 0.2) is 24.3 Å². The van der Waals surface area contributed by atoms with Gasteiger partial charge in [0.15, 0.2) is 0 Å². The third kappa shape index (κ3) is 2.93. The van der Waals surface area contributed by atoms with Crippen LogP contribution in [0.3, 0.4) is 0 Å². The fourth-order valence-corrected chi connectivity index (χ4v) is 5.03. The standard InChI is InChI=1S/C19H23N3O/c20-10-13-1-3-17(4-2-13)21-11-19(23)22-12-16-6-14-5-15(7-16)9-18(22)8-14/h1-4,14-16,18,21H,5-9,11-12H2. The topological polar surface area (TPSA) is 56.1 Å². The van der Waals surface area contributed by atoms with Gasteiger partial charge in [-0.15, -0.1) is 0 Å².